The maximum Gasteiger partial charge on any atom is 0.238 e. The number of hydrogen-bond acceptors (Lipinski definition) is 5. The first kappa shape index (κ1) is 15.8. The Bertz CT molecular complexity index is 635. The Labute approximate surface area is 125 Å². The van der Waals surface area contributed by atoms with E-state index in [0.717, 1.165) is 13.1 Å². The summed E-state index contributed by atoms with van der Waals surface area (Å²) in [6.07, 6.45) is 0. The van der Waals surface area contributed by atoms with Crippen LogP contribution in [-0.4, -0.2) is 63.1 Å². The molecule has 2 N–H and O–H groups in total. The fourth-order valence-electron chi connectivity index (χ4n) is 2.23. The van der Waals surface area contributed by atoms with Gasteiger partial charge < -0.3 is 15.5 Å². The molecule has 0 unspecified atom stereocenters. The van der Waals surface area contributed by atoms with E-state index in [9.17, 15) is 13.2 Å². The molecular formula is C14H21N3O3S. The summed E-state index contributed by atoms with van der Waals surface area (Å²) in [6, 6.07) is 4.53. The molecule has 6 nitrogen and oxygen atoms in total. The van der Waals surface area contributed by atoms with E-state index in [2.05, 4.69) is 4.90 Å². The van der Waals surface area contributed by atoms with Gasteiger partial charge in [-0.2, -0.15) is 0 Å². The molecule has 0 spiro atoms. The normalized spacial score (nSPS) is 17.0. The summed E-state index contributed by atoms with van der Waals surface area (Å²) in [7, 11) is -1.64. The maximum atomic E-state index is 12.3. The summed E-state index contributed by atoms with van der Waals surface area (Å²) in [6.45, 7) is 4.44. The minimum atomic E-state index is -3.62. The highest BCUT2D eigenvalue weighted by molar-refractivity contribution is 7.92. The molecule has 7 heteroatoms. The van der Waals surface area contributed by atoms with Gasteiger partial charge in [0.2, 0.25) is 5.91 Å². The van der Waals surface area contributed by atoms with E-state index >= 15 is 0 Å². The predicted molar refractivity (Wildman–Crippen MR) is 81.7 cm³/mol. The van der Waals surface area contributed by atoms with E-state index in [1.165, 1.54) is 12.1 Å². The molecule has 1 fully saturated rings. The molecule has 1 amide bonds. The fourth-order valence-corrected chi connectivity index (χ4v) is 3.54. The lowest BCUT2D eigenvalue weighted by atomic mass is 10.2. The lowest BCUT2D eigenvalue weighted by molar-refractivity contribution is -0.129. The van der Waals surface area contributed by atoms with Gasteiger partial charge in [-0.3, -0.25) is 4.79 Å². The maximum absolute atomic E-state index is 12.3. The smallest absolute Gasteiger partial charge is 0.238 e. The number of amides is 1. The third-order valence-corrected chi connectivity index (χ3v) is 5.37. The van der Waals surface area contributed by atoms with Gasteiger partial charge in [0.1, 0.15) is 5.75 Å². The largest absolute Gasteiger partial charge is 0.399 e. The number of likely N-dealkylation sites (N-methyl/N-ethyl adjacent to an activating group) is 1. The fraction of sp³-hybridized carbons (Fsp3) is 0.500. The minimum Gasteiger partial charge on any atom is -0.399 e. The number of rotatable bonds is 3. The van der Waals surface area contributed by atoms with Crippen LogP contribution in [0.15, 0.2) is 23.1 Å². The van der Waals surface area contributed by atoms with E-state index in [4.69, 9.17) is 5.73 Å². The van der Waals surface area contributed by atoms with Crippen molar-refractivity contribution in [1.82, 2.24) is 9.80 Å². The van der Waals surface area contributed by atoms with E-state index in [0.29, 0.717) is 24.3 Å². The van der Waals surface area contributed by atoms with Crippen LogP contribution >= 0.6 is 0 Å². The number of hydrogen-bond donors (Lipinski definition) is 1. The summed E-state index contributed by atoms with van der Waals surface area (Å²) in [5.41, 5.74) is 6.93. The SMILES string of the molecule is Cc1cc(S(=O)(=O)CC(=O)N2CCN(C)CC2)ccc1N. The minimum absolute atomic E-state index is 0.150. The van der Waals surface area contributed by atoms with Crippen LogP contribution in [-0.2, 0) is 14.6 Å². The van der Waals surface area contributed by atoms with Gasteiger partial charge in [0.05, 0.1) is 4.90 Å². The van der Waals surface area contributed by atoms with Gasteiger partial charge in [0.25, 0.3) is 0 Å². The van der Waals surface area contributed by atoms with Crippen LogP contribution in [0.25, 0.3) is 0 Å². The first-order valence-corrected chi connectivity index (χ1v) is 8.50. The molecule has 0 atom stereocenters. The van der Waals surface area contributed by atoms with Crippen LogP contribution < -0.4 is 5.73 Å². The molecule has 2 rings (SSSR count). The topological polar surface area (TPSA) is 83.7 Å². The van der Waals surface area contributed by atoms with Crippen LogP contribution in [0.1, 0.15) is 5.56 Å². The van der Waals surface area contributed by atoms with Gasteiger partial charge >= 0.3 is 0 Å². The number of anilines is 1. The standard InChI is InChI=1S/C14H21N3O3S/c1-11-9-12(3-4-13(11)15)21(19,20)10-14(18)17-7-5-16(2)6-8-17/h3-4,9H,5-8,10,15H2,1-2H3. The molecular weight excluding hydrogens is 290 g/mol. The highest BCUT2D eigenvalue weighted by Crippen LogP contribution is 2.18. The first-order valence-electron chi connectivity index (χ1n) is 6.85. The monoisotopic (exact) mass is 311 g/mol. The molecule has 1 heterocycles. The Kier molecular flexibility index (Phi) is 4.53. The lowest BCUT2D eigenvalue weighted by Crippen LogP contribution is -2.48. The Morgan fingerprint density at radius 2 is 1.86 bits per heavy atom. The number of aryl methyl sites for hydroxylation is 1. The average molecular weight is 311 g/mol. The van der Waals surface area contributed by atoms with Gasteiger partial charge in [-0.05, 0) is 37.7 Å². The number of piperazine rings is 1. The van der Waals surface area contributed by atoms with Crippen molar-refractivity contribution in [3.63, 3.8) is 0 Å². The Balaban J connectivity index is 2.10. The van der Waals surface area contributed by atoms with Crippen molar-refractivity contribution >= 4 is 21.4 Å². The third kappa shape index (κ3) is 3.74. The van der Waals surface area contributed by atoms with Crippen LogP contribution in [0.5, 0.6) is 0 Å². The van der Waals surface area contributed by atoms with E-state index in [1.54, 1.807) is 17.9 Å². The Morgan fingerprint density at radius 3 is 2.43 bits per heavy atom. The predicted octanol–water partition coefficient (Wildman–Crippen LogP) is 0.125. The Hall–Kier alpha value is -1.60. The third-order valence-electron chi connectivity index (χ3n) is 3.77. The number of nitrogens with two attached hydrogens (primary N) is 1. The molecule has 0 radical (unpaired) electrons. The van der Waals surface area contributed by atoms with Crippen LogP contribution in [0, 0.1) is 6.92 Å². The summed E-state index contributed by atoms with van der Waals surface area (Å²) < 4.78 is 24.6. The van der Waals surface area contributed by atoms with Crippen molar-refractivity contribution in [2.24, 2.45) is 0 Å². The molecule has 0 bridgehead atoms. The zero-order valence-corrected chi connectivity index (χ0v) is 13.2. The molecule has 1 aliphatic rings. The van der Waals surface area contributed by atoms with Gasteiger partial charge in [-0.1, -0.05) is 0 Å². The molecule has 21 heavy (non-hydrogen) atoms. The van der Waals surface area contributed by atoms with Crippen LogP contribution in [0.4, 0.5) is 5.69 Å². The number of carbonyl (C=O) groups excluding carboxylic acids is 1. The van der Waals surface area contributed by atoms with E-state index in [-0.39, 0.29) is 10.8 Å². The average Bonchev–Trinajstić information content (AvgIpc) is 2.42. The first-order chi connectivity index (χ1) is 9.79. The summed E-state index contributed by atoms with van der Waals surface area (Å²) >= 11 is 0. The molecule has 1 saturated heterocycles. The van der Waals surface area contributed by atoms with Crippen molar-refractivity contribution in [3.8, 4) is 0 Å². The van der Waals surface area contributed by atoms with E-state index < -0.39 is 15.6 Å². The molecule has 1 aliphatic heterocycles. The molecule has 0 aromatic heterocycles. The number of benzene rings is 1. The number of nitrogens with zero attached hydrogens (tertiary/aromatic N) is 2. The summed E-state index contributed by atoms with van der Waals surface area (Å²) in [5.74, 6) is -0.822. The second kappa shape index (κ2) is 6.03. The van der Waals surface area contributed by atoms with Gasteiger partial charge in [-0.15, -0.1) is 0 Å². The van der Waals surface area contributed by atoms with Crippen molar-refractivity contribution < 1.29 is 13.2 Å². The molecule has 0 aliphatic carbocycles. The zero-order chi connectivity index (χ0) is 15.6. The zero-order valence-electron chi connectivity index (χ0n) is 12.4. The number of nitrogen functional groups attached to an aromatic ring is 1. The van der Waals surface area contributed by atoms with Crippen molar-refractivity contribution in [2.45, 2.75) is 11.8 Å². The van der Waals surface area contributed by atoms with Crippen molar-refractivity contribution in [1.29, 1.82) is 0 Å². The summed E-state index contributed by atoms with van der Waals surface area (Å²) in [4.78, 5) is 16.0. The Morgan fingerprint density at radius 1 is 1.24 bits per heavy atom. The second-order valence-corrected chi connectivity index (χ2v) is 7.45. The highest BCUT2D eigenvalue weighted by Gasteiger charge is 2.25. The van der Waals surface area contributed by atoms with Crippen LogP contribution in [0.2, 0.25) is 0 Å². The molecule has 0 saturated carbocycles. The molecule has 1 aromatic rings. The van der Waals surface area contributed by atoms with Gasteiger partial charge in [0, 0.05) is 31.9 Å². The summed E-state index contributed by atoms with van der Waals surface area (Å²) in [5, 5.41) is 0. The second-order valence-electron chi connectivity index (χ2n) is 5.46. The van der Waals surface area contributed by atoms with Gasteiger partial charge in [0.15, 0.2) is 9.84 Å². The van der Waals surface area contributed by atoms with Crippen molar-refractivity contribution in [2.75, 3.05) is 44.7 Å². The van der Waals surface area contributed by atoms with E-state index in [1.807, 2.05) is 7.05 Å². The molecule has 116 valence electrons. The number of carbonyl (C=O) groups is 1. The van der Waals surface area contributed by atoms with Crippen LogP contribution in [0.3, 0.4) is 0 Å². The van der Waals surface area contributed by atoms with Crippen molar-refractivity contribution in [3.05, 3.63) is 23.8 Å². The number of sulfone groups is 1. The van der Waals surface area contributed by atoms with Gasteiger partial charge in [-0.25, -0.2) is 8.42 Å². The highest BCUT2D eigenvalue weighted by atomic mass is 32.2. The molecule has 1 aromatic carbocycles. The quantitative estimate of drug-likeness (QED) is 0.802. The lowest BCUT2D eigenvalue weighted by Gasteiger charge is -2.32.